The summed E-state index contributed by atoms with van der Waals surface area (Å²) >= 11 is 0. The van der Waals surface area contributed by atoms with Gasteiger partial charge in [-0.25, -0.2) is 0 Å². The molecular weight excluding hydrogens is 166 g/mol. The Labute approximate surface area is 79.0 Å². The SMILES string of the molecule is C[C@@H](N)C(=O)N[C@@H]1CCCC[C@H]1N. The zero-order valence-electron chi connectivity index (χ0n) is 8.12. The van der Waals surface area contributed by atoms with Crippen LogP contribution in [0.25, 0.3) is 0 Å². The molecule has 0 aromatic heterocycles. The van der Waals surface area contributed by atoms with Gasteiger partial charge in [-0.1, -0.05) is 12.8 Å². The molecule has 76 valence electrons. The minimum absolute atomic E-state index is 0.0950. The Morgan fingerprint density at radius 1 is 1.46 bits per heavy atom. The van der Waals surface area contributed by atoms with Crippen molar-refractivity contribution in [1.29, 1.82) is 0 Å². The van der Waals surface area contributed by atoms with Crippen LogP contribution in [-0.4, -0.2) is 24.0 Å². The van der Waals surface area contributed by atoms with E-state index in [0.29, 0.717) is 0 Å². The van der Waals surface area contributed by atoms with Crippen molar-refractivity contribution in [2.45, 2.75) is 50.7 Å². The number of amides is 1. The Balaban J connectivity index is 2.38. The molecule has 1 aliphatic rings. The highest BCUT2D eigenvalue weighted by molar-refractivity contribution is 5.81. The van der Waals surface area contributed by atoms with E-state index < -0.39 is 6.04 Å². The third kappa shape index (κ3) is 2.97. The van der Waals surface area contributed by atoms with E-state index in [-0.39, 0.29) is 18.0 Å². The number of rotatable bonds is 2. The molecule has 1 rings (SSSR count). The highest BCUT2D eigenvalue weighted by Gasteiger charge is 2.23. The van der Waals surface area contributed by atoms with Gasteiger partial charge in [0.05, 0.1) is 6.04 Å². The van der Waals surface area contributed by atoms with Gasteiger partial charge in [-0.3, -0.25) is 4.79 Å². The smallest absolute Gasteiger partial charge is 0.236 e. The van der Waals surface area contributed by atoms with Crippen molar-refractivity contribution in [2.75, 3.05) is 0 Å². The lowest BCUT2D eigenvalue weighted by Crippen LogP contribution is -2.52. The molecule has 0 aromatic rings. The van der Waals surface area contributed by atoms with Gasteiger partial charge in [0, 0.05) is 12.1 Å². The lowest BCUT2D eigenvalue weighted by Gasteiger charge is -2.29. The highest BCUT2D eigenvalue weighted by atomic mass is 16.2. The summed E-state index contributed by atoms with van der Waals surface area (Å²) in [6, 6.07) is -0.196. The second kappa shape index (κ2) is 4.58. The third-order valence-electron chi connectivity index (χ3n) is 2.56. The van der Waals surface area contributed by atoms with Gasteiger partial charge in [0.2, 0.25) is 5.91 Å². The summed E-state index contributed by atoms with van der Waals surface area (Å²) in [6.07, 6.45) is 4.31. The van der Waals surface area contributed by atoms with Crippen molar-refractivity contribution in [3.63, 3.8) is 0 Å². The van der Waals surface area contributed by atoms with Crippen LogP contribution < -0.4 is 16.8 Å². The molecule has 0 unspecified atom stereocenters. The summed E-state index contributed by atoms with van der Waals surface area (Å²) in [4.78, 5) is 11.3. The van der Waals surface area contributed by atoms with E-state index in [2.05, 4.69) is 5.32 Å². The van der Waals surface area contributed by atoms with Gasteiger partial charge in [-0.05, 0) is 19.8 Å². The Kier molecular flexibility index (Phi) is 3.69. The molecule has 1 aliphatic carbocycles. The van der Waals surface area contributed by atoms with Crippen molar-refractivity contribution in [3.8, 4) is 0 Å². The average Bonchev–Trinajstić information content (AvgIpc) is 2.08. The molecule has 4 heteroatoms. The summed E-state index contributed by atoms with van der Waals surface area (Å²) in [7, 11) is 0. The maximum Gasteiger partial charge on any atom is 0.236 e. The van der Waals surface area contributed by atoms with E-state index in [1.807, 2.05) is 0 Å². The van der Waals surface area contributed by atoms with E-state index in [1.54, 1.807) is 6.92 Å². The summed E-state index contributed by atoms with van der Waals surface area (Å²) in [5.41, 5.74) is 11.3. The quantitative estimate of drug-likeness (QED) is 0.553. The Bertz CT molecular complexity index is 182. The number of hydrogen-bond donors (Lipinski definition) is 3. The van der Waals surface area contributed by atoms with Gasteiger partial charge >= 0.3 is 0 Å². The van der Waals surface area contributed by atoms with Crippen LogP contribution in [0.2, 0.25) is 0 Å². The largest absolute Gasteiger partial charge is 0.350 e. The summed E-state index contributed by atoms with van der Waals surface area (Å²) in [5.74, 6) is -0.0950. The summed E-state index contributed by atoms with van der Waals surface area (Å²) < 4.78 is 0. The van der Waals surface area contributed by atoms with Gasteiger partial charge in [-0.2, -0.15) is 0 Å². The van der Waals surface area contributed by atoms with E-state index in [1.165, 1.54) is 6.42 Å². The van der Waals surface area contributed by atoms with Crippen molar-refractivity contribution < 1.29 is 4.79 Å². The molecule has 1 fully saturated rings. The first-order valence-electron chi connectivity index (χ1n) is 4.93. The van der Waals surface area contributed by atoms with Gasteiger partial charge in [0.15, 0.2) is 0 Å². The van der Waals surface area contributed by atoms with Crippen molar-refractivity contribution >= 4 is 5.91 Å². The standard InChI is InChI=1S/C9H19N3O/c1-6(10)9(13)12-8-5-3-2-4-7(8)11/h6-8H,2-5,10-11H2,1H3,(H,12,13)/t6-,7-,8-/m1/s1. The number of nitrogens with two attached hydrogens (primary N) is 2. The Morgan fingerprint density at radius 3 is 2.62 bits per heavy atom. The molecule has 0 aliphatic heterocycles. The first kappa shape index (κ1) is 10.5. The molecule has 5 N–H and O–H groups in total. The van der Waals surface area contributed by atoms with Crippen LogP contribution in [0.3, 0.4) is 0 Å². The fourth-order valence-corrected chi connectivity index (χ4v) is 1.65. The van der Waals surface area contributed by atoms with Crippen molar-refractivity contribution in [1.82, 2.24) is 5.32 Å². The van der Waals surface area contributed by atoms with Crippen LogP contribution in [0.5, 0.6) is 0 Å². The minimum atomic E-state index is -0.436. The fourth-order valence-electron chi connectivity index (χ4n) is 1.65. The summed E-state index contributed by atoms with van der Waals surface area (Å²) in [5, 5.41) is 2.88. The van der Waals surface area contributed by atoms with Gasteiger partial charge in [-0.15, -0.1) is 0 Å². The van der Waals surface area contributed by atoms with Crippen LogP contribution in [0.1, 0.15) is 32.6 Å². The highest BCUT2D eigenvalue weighted by Crippen LogP contribution is 2.16. The van der Waals surface area contributed by atoms with Crippen LogP contribution in [0, 0.1) is 0 Å². The molecule has 1 saturated carbocycles. The topological polar surface area (TPSA) is 81.1 Å². The Morgan fingerprint density at radius 2 is 2.08 bits per heavy atom. The number of nitrogens with one attached hydrogen (secondary N) is 1. The molecule has 0 heterocycles. The van der Waals surface area contributed by atoms with Gasteiger partial charge < -0.3 is 16.8 Å². The maximum atomic E-state index is 11.3. The number of carbonyl (C=O) groups is 1. The van der Waals surface area contributed by atoms with E-state index in [0.717, 1.165) is 19.3 Å². The molecule has 0 aromatic carbocycles. The lowest BCUT2D eigenvalue weighted by molar-refractivity contribution is -0.123. The maximum absolute atomic E-state index is 11.3. The van der Waals surface area contributed by atoms with Crippen molar-refractivity contribution in [3.05, 3.63) is 0 Å². The van der Waals surface area contributed by atoms with E-state index in [9.17, 15) is 4.79 Å². The number of hydrogen-bond acceptors (Lipinski definition) is 3. The third-order valence-corrected chi connectivity index (χ3v) is 2.56. The predicted molar refractivity (Wildman–Crippen MR) is 52.0 cm³/mol. The zero-order chi connectivity index (χ0) is 9.84. The average molecular weight is 185 g/mol. The molecule has 0 bridgehead atoms. The van der Waals surface area contributed by atoms with E-state index >= 15 is 0 Å². The molecule has 4 nitrogen and oxygen atoms in total. The van der Waals surface area contributed by atoms with Crippen LogP contribution in [0.4, 0.5) is 0 Å². The van der Waals surface area contributed by atoms with Crippen molar-refractivity contribution in [2.24, 2.45) is 11.5 Å². The lowest BCUT2D eigenvalue weighted by atomic mass is 9.91. The molecule has 1 amide bonds. The first-order valence-corrected chi connectivity index (χ1v) is 4.93. The molecule has 0 spiro atoms. The summed E-state index contributed by atoms with van der Waals surface area (Å²) in [6.45, 7) is 1.68. The minimum Gasteiger partial charge on any atom is -0.350 e. The predicted octanol–water partition coefficient (Wildman–Crippen LogP) is -0.280. The van der Waals surface area contributed by atoms with Crippen LogP contribution in [0.15, 0.2) is 0 Å². The van der Waals surface area contributed by atoms with E-state index in [4.69, 9.17) is 11.5 Å². The Hall–Kier alpha value is -0.610. The monoisotopic (exact) mass is 185 g/mol. The van der Waals surface area contributed by atoms with Crippen LogP contribution >= 0.6 is 0 Å². The normalized spacial score (nSPS) is 31.0. The molecule has 0 radical (unpaired) electrons. The molecule has 13 heavy (non-hydrogen) atoms. The van der Waals surface area contributed by atoms with Gasteiger partial charge in [0.25, 0.3) is 0 Å². The molecular formula is C9H19N3O. The fraction of sp³-hybridized carbons (Fsp3) is 0.889. The van der Waals surface area contributed by atoms with Crippen LogP contribution in [-0.2, 0) is 4.79 Å². The first-order chi connectivity index (χ1) is 6.11. The second-order valence-electron chi connectivity index (χ2n) is 3.85. The van der Waals surface area contributed by atoms with Gasteiger partial charge in [0.1, 0.15) is 0 Å². The second-order valence-corrected chi connectivity index (χ2v) is 3.85. The molecule has 3 atom stereocenters. The zero-order valence-corrected chi connectivity index (χ0v) is 8.12. The molecule has 0 saturated heterocycles. The number of carbonyl (C=O) groups excluding carboxylic acids is 1.